The number of carbonyl (C=O) groups excluding carboxylic acids is 1. The number of carbonyl (C=O) groups is 1. The Hall–Kier alpha value is -4.07. The lowest BCUT2D eigenvalue weighted by Gasteiger charge is -2.37. The molecule has 0 amide bonds. The molecule has 1 saturated heterocycles. The van der Waals surface area contributed by atoms with E-state index in [4.69, 9.17) is 9.57 Å². The molecule has 0 unspecified atom stereocenters. The van der Waals surface area contributed by atoms with Gasteiger partial charge in [-0.05, 0) is 72.3 Å². The summed E-state index contributed by atoms with van der Waals surface area (Å²) < 4.78 is 5.88. The number of nitrogens with zero attached hydrogens (tertiary/aromatic N) is 5. The molecule has 8 nitrogen and oxygen atoms in total. The average molecular weight is 500 g/mol. The Morgan fingerprint density at radius 3 is 2.14 bits per heavy atom. The first kappa shape index (κ1) is 24.6. The molecular formula is C29H33N5O3. The third-order valence-electron chi connectivity index (χ3n) is 6.71. The standard InChI is InChI=1S/C29H33N5O3/c1-2-3-4-7-22-36-26-16-14-25(15-17-26)33-20-18-32(19-21-33)24-12-10-23(11-13-24)29(35)37-34-28-9-6-5-8-27(28)30-31-34/h5-6,8-17H,2-4,7,18-22H2,1H3. The summed E-state index contributed by atoms with van der Waals surface area (Å²) in [4.78, 5) is 23.9. The maximum Gasteiger partial charge on any atom is 0.365 e. The predicted octanol–water partition coefficient (Wildman–Crippen LogP) is 4.99. The lowest BCUT2D eigenvalue weighted by molar-refractivity contribution is 0.0409. The minimum Gasteiger partial charge on any atom is -0.494 e. The number of rotatable bonds is 10. The molecule has 1 fully saturated rings. The van der Waals surface area contributed by atoms with Gasteiger partial charge in [-0.3, -0.25) is 0 Å². The van der Waals surface area contributed by atoms with Gasteiger partial charge in [0.2, 0.25) is 0 Å². The molecule has 3 aromatic carbocycles. The van der Waals surface area contributed by atoms with Gasteiger partial charge in [0.25, 0.3) is 0 Å². The Labute approximate surface area is 217 Å². The maximum atomic E-state index is 12.6. The van der Waals surface area contributed by atoms with Gasteiger partial charge < -0.3 is 19.4 Å². The Balaban J connectivity index is 1.11. The zero-order valence-corrected chi connectivity index (χ0v) is 21.3. The number of hydrogen-bond donors (Lipinski definition) is 0. The van der Waals surface area contributed by atoms with Crippen molar-refractivity contribution in [2.75, 3.05) is 42.6 Å². The number of anilines is 2. The molecule has 1 aliphatic heterocycles. The summed E-state index contributed by atoms with van der Waals surface area (Å²) in [5, 5.41) is 7.93. The third kappa shape index (κ3) is 6.02. The fourth-order valence-corrected chi connectivity index (χ4v) is 4.55. The molecule has 0 radical (unpaired) electrons. The highest BCUT2D eigenvalue weighted by atomic mass is 16.7. The first-order valence-corrected chi connectivity index (χ1v) is 13.1. The Kier molecular flexibility index (Phi) is 7.84. The van der Waals surface area contributed by atoms with Gasteiger partial charge in [0.15, 0.2) is 0 Å². The van der Waals surface area contributed by atoms with E-state index < -0.39 is 5.97 Å². The van der Waals surface area contributed by atoms with Crippen LogP contribution in [0.3, 0.4) is 0 Å². The largest absolute Gasteiger partial charge is 0.494 e. The molecule has 0 bridgehead atoms. The van der Waals surface area contributed by atoms with Gasteiger partial charge in [0.05, 0.1) is 12.2 Å². The van der Waals surface area contributed by atoms with Crippen LogP contribution in [0.4, 0.5) is 11.4 Å². The summed E-state index contributed by atoms with van der Waals surface area (Å²) in [5.41, 5.74) is 4.10. The summed E-state index contributed by atoms with van der Waals surface area (Å²) >= 11 is 0. The van der Waals surface area contributed by atoms with Gasteiger partial charge in [-0.1, -0.05) is 43.2 Å². The molecule has 1 aromatic heterocycles. The van der Waals surface area contributed by atoms with Gasteiger partial charge >= 0.3 is 5.97 Å². The van der Waals surface area contributed by atoms with Crippen LogP contribution in [0.25, 0.3) is 11.0 Å². The quantitative estimate of drug-likeness (QED) is 0.225. The fraction of sp³-hybridized carbons (Fsp3) is 0.345. The number of aromatic nitrogens is 3. The second kappa shape index (κ2) is 11.8. The molecule has 0 atom stereocenters. The maximum absolute atomic E-state index is 12.6. The van der Waals surface area contributed by atoms with E-state index in [-0.39, 0.29) is 0 Å². The zero-order chi connectivity index (χ0) is 25.5. The van der Waals surface area contributed by atoms with E-state index in [1.807, 2.05) is 36.4 Å². The molecule has 192 valence electrons. The van der Waals surface area contributed by atoms with Crippen LogP contribution in [0.2, 0.25) is 0 Å². The van der Waals surface area contributed by atoms with E-state index in [9.17, 15) is 4.79 Å². The third-order valence-corrected chi connectivity index (χ3v) is 6.71. The minimum absolute atomic E-state index is 0.467. The van der Waals surface area contributed by atoms with Crippen LogP contribution in [0, 0.1) is 0 Å². The Morgan fingerprint density at radius 2 is 1.46 bits per heavy atom. The van der Waals surface area contributed by atoms with E-state index in [1.165, 1.54) is 24.9 Å². The van der Waals surface area contributed by atoms with E-state index in [0.29, 0.717) is 16.6 Å². The molecule has 37 heavy (non-hydrogen) atoms. The fourth-order valence-electron chi connectivity index (χ4n) is 4.55. The van der Waals surface area contributed by atoms with Crippen LogP contribution in [-0.4, -0.2) is 53.9 Å². The number of fused-ring (bicyclic) bond motifs is 1. The molecule has 0 saturated carbocycles. The minimum atomic E-state index is -0.472. The van der Waals surface area contributed by atoms with E-state index in [2.05, 4.69) is 51.3 Å². The van der Waals surface area contributed by atoms with Crippen LogP contribution in [0.15, 0.2) is 72.8 Å². The SMILES string of the molecule is CCCCCCOc1ccc(N2CCN(c3ccc(C(=O)On4nnc5ccccc54)cc3)CC2)cc1. The Morgan fingerprint density at radius 1 is 0.811 bits per heavy atom. The summed E-state index contributed by atoms with van der Waals surface area (Å²) in [6.45, 7) is 6.68. The second-order valence-electron chi connectivity index (χ2n) is 9.25. The number of hydrogen-bond acceptors (Lipinski definition) is 7. The topological polar surface area (TPSA) is 72.7 Å². The number of unbranched alkanes of at least 4 members (excludes halogenated alkanes) is 3. The number of piperazine rings is 1. The molecule has 5 rings (SSSR count). The molecular weight excluding hydrogens is 466 g/mol. The van der Waals surface area contributed by atoms with Crippen molar-refractivity contribution in [1.82, 2.24) is 15.2 Å². The van der Waals surface area contributed by atoms with Gasteiger partial charge in [0, 0.05) is 37.6 Å². The summed E-state index contributed by atoms with van der Waals surface area (Å²) in [6, 6.07) is 23.3. The van der Waals surface area contributed by atoms with E-state index in [0.717, 1.165) is 55.5 Å². The molecule has 1 aliphatic rings. The first-order chi connectivity index (χ1) is 18.2. The molecule has 8 heteroatoms. The normalized spacial score (nSPS) is 13.6. The van der Waals surface area contributed by atoms with E-state index >= 15 is 0 Å². The van der Waals surface area contributed by atoms with Gasteiger partial charge in [-0.2, -0.15) is 0 Å². The molecule has 0 spiro atoms. The van der Waals surface area contributed by atoms with Gasteiger partial charge in [-0.25, -0.2) is 4.79 Å². The van der Waals surface area contributed by atoms with Crippen LogP contribution in [0.5, 0.6) is 5.75 Å². The molecule has 2 heterocycles. The zero-order valence-electron chi connectivity index (χ0n) is 21.3. The van der Waals surface area contributed by atoms with E-state index in [1.54, 1.807) is 12.1 Å². The molecule has 4 aromatic rings. The lowest BCUT2D eigenvalue weighted by atomic mass is 10.1. The highest BCUT2D eigenvalue weighted by Gasteiger charge is 2.19. The van der Waals surface area contributed by atoms with Crippen molar-refractivity contribution in [3.63, 3.8) is 0 Å². The van der Waals surface area contributed by atoms with Crippen molar-refractivity contribution < 1.29 is 14.4 Å². The Bertz CT molecular complexity index is 1300. The van der Waals surface area contributed by atoms with Crippen LogP contribution >= 0.6 is 0 Å². The number of ether oxygens (including phenoxy) is 1. The average Bonchev–Trinajstić information content (AvgIpc) is 3.36. The van der Waals surface area contributed by atoms with Crippen LogP contribution < -0.4 is 19.4 Å². The summed E-state index contributed by atoms with van der Waals surface area (Å²) in [5.74, 6) is 0.468. The van der Waals surface area contributed by atoms with Crippen molar-refractivity contribution >= 4 is 28.4 Å². The number of para-hydroxylation sites is 1. The van der Waals surface area contributed by atoms with Crippen LogP contribution in [0.1, 0.15) is 43.0 Å². The van der Waals surface area contributed by atoms with Crippen molar-refractivity contribution in [2.24, 2.45) is 0 Å². The summed E-state index contributed by atoms with van der Waals surface area (Å²) in [6.07, 6.45) is 4.85. The van der Waals surface area contributed by atoms with Crippen molar-refractivity contribution in [3.8, 4) is 5.75 Å². The smallest absolute Gasteiger partial charge is 0.365 e. The lowest BCUT2D eigenvalue weighted by Crippen LogP contribution is -2.46. The van der Waals surface area contributed by atoms with Crippen molar-refractivity contribution in [2.45, 2.75) is 32.6 Å². The summed E-state index contributed by atoms with van der Waals surface area (Å²) in [7, 11) is 0. The molecule has 0 aliphatic carbocycles. The van der Waals surface area contributed by atoms with Gasteiger partial charge in [-0.15, -0.1) is 5.10 Å². The predicted molar refractivity (Wildman–Crippen MR) is 145 cm³/mol. The molecule has 0 N–H and O–H groups in total. The van der Waals surface area contributed by atoms with Crippen molar-refractivity contribution in [3.05, 3.63) is 78.4 Å². The van der Waals surface area contributed by atoms with Crippen molar-refractivity contribution in [1.29, 1.82) is 0 Å². The van der Waals surface area contributed by atoms with Gasteiger partial charge in [0.1, 0.15) is 16.8 Å². The number of benzene rings is 3. The van der Waals surface area contributed by atoms with Crippen LogP contribution in [-0.2, 0) is 0 Å². The monoisotopic (exact) mass is 499 g/mol. The first-order valence-electron chi connectivity index (χ1n) is 13.1. The second-order valence-corrected chi connectivity index (χ2v) is 9.25. The highest BCUT2D eigenvalue weighted by molar-refractivity contribution is 5.90. The highest BCUT2D eigenvalue weighted by Crippen LogP contribution is 2.23.